The largest absolute Gasteiger partial charge is 0.465 e. The van der Waals surface area contributed by atoms with Crippen molar-refractivity contribution in [2.75, 3.05) is 6.61 Å². The van der Waals surface area contributed by atoms with Gasteiger partial charge in [0.1, 0.15) is 0 Å². The van der Waals surface area contributed by atoms with Crippen LogP contribution in [0.3, 0.4) is 0 Å². The van der Waals surface area contributed by atoms with Crippen LogP contribution in [0.25, 0.3) is 0 Å². The number of unbranched alkanes of at least 4 members (excludes halogenated alkanes) is 1. The fourth-order valence-corrected chi connectivity index (χ4v) is 1.19. The number of cyclic esters (lactones) is 1. The molecule has 1 saturated heterocycles. The van der Waals surface area contributed by atoms with Crippen LogP contribution in [-0.4, -0.2) is 12.6 Å². The van der Waals surface area contributed by atoms with E-state index in [1.807, 2.05) is 0 Å². The minimum atomic E-state index is -0.00606. The molecule has 0 aliphatic carbocycles. The molecule has 2 heteroatoms. The highest BCUT2D eigenvalue weighted by molar-refractivity contribution is 5.73. The number of rotatable bonds is 3. The summed E-state index contributed by atoms with van der Waals surface area (Å²) in [6, 6.07) is 0. The van der Waals surface area contributed by atoms with Gasteiger partial charge in [-0.2, -0.15) is 0 Å². The van der Waals surface area contributed by atoms with Crippen LogP contribution >= 0.6 is 0 Å². The van der Waals surface area contributed by atoms with Crippen molar-refractivity contribution in [2.45, 2.75) is 25.7 Å². The topological polar surface area (TPSA) is 26.3 Å². The Morgan fingerprint density at radius 1 is 1.70 bits per heavy atom. The molecule has 2 nitrogen and oxygen atoms in total. The summed E-state index contributed by atoms with van der Waals surface area (Å²) in [5, 5.41) is 0. The summed E-state index contributed by atoms with van der Waals surface area (Å²) in [6.07, 6.45) is 3.84. The predicted octanol–water partition coefficient (Wildman–Crippen LogP) is 1.55. The van der Waals surface area contributed by atoms with Crippen LogP contribution in [-0.2, 0) is 9.53 Å². The van der Waals surface area contributed by atoms with Crippen molar-refractivity contribution in [3.8, 4) is 0 Å². The minimum Gasteiger partial charge on any atom is -0.465 e. The van der Waals surface area contributed by atoms with Gasteiger partial charge in [0, 0.05) is 0 Å². The molecule has 0 N–H and O–H groups in total. The van der Waals surface area contributed by atoms with E-state index in [9.17, 15) is 4.79 Å². The average molecular weight is 141 g/mol. The molecule has 1 aliphatic rings. The van der Waals surface area contributed by atoms with Crippen LogP contribution in [0.1, 0.15) is 25.7 Å². The summed E-state index contributed by atoms with van der Waals surface area (Å²) >= 11 is 0. The van der Waals surface area contributed by atoms with Crippen LogP contribution < -0.4 is 0 Å². The first-order valence-electron chi connectivity index (χ1n) is 3.80. The number of carbonyl (C=O) groups excluding carboxylic acids is 1. The zero-order valence-corrected chi connectivity index (χ0v) is 6.14. The van der Waals surface area contributed by atoms with Crippen LogP contribution in [0.2, 0.25) is 0 Å². The zero-order chi connectivity index (χ0) is 7.40. The van der Waals surface area contributed by atoms with E-state index >= 15 is 0 Å². The molecule has 0 bridgehead atoms. The van der Waals surface area contributed by atoms with E-state index in [-0.39, 0.29) is 11.9 Å². The molecule has 0 aromatic rings. The van der Waals surface area contributed by atoms with Gasteiger partial charge in [-0.3, -0.25) is 4.79 Å². The van der Waals surface area contributed by atoms with Crippen LogP contribution in [0.5, 0.6) is 0 Å². The Kier molecular flexibility index (Phi) is 2.72. The monoisotopic (exact) mass is 141 g/mol. The second-order valence-corrected chi connectivity index (χ2v) is 2.65. The second-order valence-electron chi connectivity index (χ2n) is 2.65. The van der Waals surface area contributed by atoms with Gasteiger partial charge in [-0.05, 0) is 12.8 Å². The lowest BCUT2D eigenvalue weighted by Crippen LogP contribution is -2.06. The van der Waals surface area contributed by atoms with Crippen LogP contribution in [0.15, 0.2) is 0 Å². The highest BCUT2D eigenvalue weighted by Crippen LogP contribution is 2.19. The molecule has 1 atom stereocenters. The van der Waals surface area contributed by atoms with Crippen molar-refractivity contribution in [1.29, 1.82) is 0 Å². The molecule has 0 aromatic carbocycles. The average Bonchev–Trinajstić information content (AvgIpc) is 2.31. The van der Waals surface area contributed by atoms with Gasteiger partial charge in [-0.1, -0.05) is 19.8 Å². The second kappa shape index (κ2) is 3.59. The Balaban J connectivity index is 2.20. The molecular formula is C8H13O2. The third-order valence-corrected chi connectivity index (χ3v) is 1.85. The summed E-state index contributed by atoms with van der Waals surface area (Å²) in [6.45, 7) is 4.35. The van der Waals surface area contributed by atoms with E-state index in [0.29, 0.717) is 6.61 Å². The quantitative estimate of drug-likeness (QED) is 0.557. The molecule has 1 fully saturated rings. The lowest BCUT2D eigenvalue weighted by Gasteiger charge is -2.01. The van der Waals surface area contributed by atoms with Crippen LogP contribution in [0, 0.1) is 12.8 Å². The van der Waals surface area contributed by atoms with Crippen molar-refractivity contribution >= 4 is 5.97 Å². The maximum absolute atomic E-state index is 10.8. The fraction of sp³-hybridized carbons (Fsp3) is 0.750. The molecule has 0 aromatic heterocycles. The highest BCUT2D eigenvalue weighted by Gasteiger charge is 2.24. The van der Waals surface area contributed by atoms with Crippen molar-refractivity contribution in [3.05, 3.63) is 6.92 Å². The first-order chi connectivity index (χ1) is 4.84. The molecular weight excluding hydrogens is 128 g/mol. The first-order valence-corrected chi connectivity index (χ1v) is 3.80. The van der Waals surface area contributed by atoms with Crippen molar-refractivity contribution in [3.63, 3.8) is 0 Å². The minimum absolute atomic E-state index is 0.00606. The third-order valence-electron chi connectivity index (χ3n) is 1.85. The molecule has 1 radical (unpaired) electrons. The van der Waals surface area contributed by atoms with Crippen LogP contribution in [0.4, 0.5) is 0 Å². The molecule has 1 unspecified atom stereocenters. The Labute approximate surface area is 61.6 Å². The molecule has 1 heterocycles. The van der Waals surface area contributed by atoms with E-state index in [1.54, 1.807) is 0 Å². The predicted molar refractivity (Wildman–Crippen MR) is 38.3 cm³/mol. The summed E-state index contributed by atoms with van der Waals surface area (Å²) < 4.78 is 4.80. The molecule has 10 heavy (non-hydrogen) atoms. The van der Waals surface area contributed by atoms with Crippen molar-refractivity contribution in [1.82, 2.24) is 0 Å². The SMILES string of the molecule is [CH2]CCCC1CCOC1=O. The van der Waals surface area contributed by atoms with Crippen molar-refractivity contribution in [2.24, 2.45) is 5.92 Å². The van der Waals surface area contributed by atoms with Gasteiger partial charge in [0.2, 0.25) is 0 Å². The number of hydrogen-bond acceptors (Lipinski definition) is 2. The van der Waals surface area contributed by atoms with E-state index in [0.717, 1.165) is 25.7 Å². The smallest absolute Gasteiger partial charge is 0.309 e. The van der Waals surface area contributed by atoms with Gasteiger partial charge in [-0.25, -0.2) is 0 Å². The lowest BCUT2D eigenvalue weighted by molar-refractivity contribution is -0.141. The number of carbonyl (C=O) groups is 1. The summed E-state index contributed by atoms with van der Waals surface area (Å²) in [5.41, 5.74) is 0. The van der Waals surface area contributed by atoms with E-state index in [1.165, 1.54) is 0 Å². The number of hydrogen-bond donors (Lipinski definition) is 0. The highest BCUT2D eigenvalue weighted by atomic mass is 16.5. The maximum Gasteiger partial charge on any atom is 0.309 e. The van der Waals surface area contributed by atoms with Gasteiger partial charge >= 0.3 is 5.97 Å². The third kappa shape index (κ3) is 1.72. The molecule has 57 valence electrons. The normalized spacial score (nSPS) is 24.9. The van der Waals surface area contributed by atoms with Gasteiger partial charge in [-0.15, -0.1) is 0 Å². The summed E-state index contributed by atoms with van der Waals surface area (Å²) in [4.78, 5) is 10.8. The molecule has 1 rings (SSSR count). The Morgan fingerprint density at radius 2 is 2.50 bits per heavy atom. The fourth-order valence-electron chi connectivity index (χ4n) is 1.19. The van der Waals surface area contributed by atoms with Gasteiger partial charge in [0.05, 0.1) is 12.5 Å². The standard InChI is InChI=1S/C8H13O2/c1-2-3-4-7-5-6-10-8(7)9/h7H,1-6H2. The number of esters is 1. The Morgan fingerprint density at radius 3 is 3.00 bits per heavy atom. The first kappa shape index (κ1) is 7.58. The lowest BCUT2D eigenvalue weighted by atomic mass is 10.0. The molecule has 1 aliphatic heterocycles. The molecule has 0 spiro atoms. The van der Waals surface area contributed by atoms with E-state index < -0.39 is 0 Å². The van der Waals surface area contributed by atoms with Gasteiger partial charge in [0.15, 0.2) is 0 Å². The Hall–Kier alpha value is -0.530. The zero-order valence-electron chi connectivity index (χ0n) is 6.14. The molecule has 0 amide bonds. The van der Waals surface area contributed by atoms with Crippen molar-refractivity contribution < 1.29 is 9.53 Å². The molecule has 0 saturated carbocycles. The maximum atomic E-state index is 10.8. The van der Waals surface area contributed by atoms with Gasteiger partial charge in [0.25, 0.3) is 0 Å². The van der Waals surface area contributed by atoms with Gasteiger partial charge < -0.3 is 4.74 Å². The Bertz CT molecular complexity index is 120. The van der Waals surface area contributed by atoms with E-state index in [2.05, 4.69) is 6.92 Å². The summed E-state index contributed by atoms with van der Waals surface area (Å²) in [5.74, 6) is 0.176. The number of ether oxygens (including phenoxy) is 1. The van der Waals surface area contributed by atoms with E-state index in [4.69, 9.17) is 4.74 Å². The summed E-state index contributed by atoms with van der Waals surface area (Å²) in [7, 11) is 0.